The fourth-order valence-corrected chi connectivity index (χ4v) is 3.39. The van der Waals surface area contributed by atoms with Gasteiger partial charge in [0.1, 0.15) is 17.7 Å². The Bertz CT molecular complexity index is 948. The summed E-state index contributed by atoms with van der Waals surface area (Å²) < 4.78 is 16.0. The van der Waals surface area contributed by atoms with Crippen LogP contribution in [0.4, 0.5) is 4.79 Å². The van der Waals surface area contributed by atoms with E-state index in [9.17, 15) is 24.0 Å². The van der Waals surface area contributed by atoms with Gasteiger partial charge in [-0.2, -0.15) is 0 Å². The number of carboxylic acids is 1. The summed E-state index contributed by atoms with van der Waals surface area (Å²) >= 11 is 0. The zero-order valence-electron chi connectivity index (χ0n) is 23.3. The Labute approximate surface area is 229 Å². The number of hydrogen-bond acceptors (Lipinski definition) is 8. The SMILES string of the molecule is COC(=O)[C@H](CCCCNC(=O)CCC(=O)O)NC(=O)[C@@H](NC(=O)OC(C)(C)C)[C@@H](C)OCc1ccccc1. The van der Waals surface area contributed by atoms with Crippen molar-refractivity contribution in [3.05, 3.63) is 35.9 Å². The zero-order valence-corrected chi connectivity index (χ0v) is 23.3. The second-order valence-electron chi connectivity index (χ2n) is 9.95. The highest BCUT2D eigenvalue weighted by Gasteiger charge is 2.32. The van der Waals surface area contributed by atoms with E-state index < -0.39 is 47.7 Å². The van der Waals surface area contributed by atoms with Crippen LogP contribution in [0.25, 0.3) is 0 Å². The number of carboxylic acid groups (broad SMARTS) is 1. The van der Waals surface area contributed by atoms with Crippen LogP contribution in [0.3, 0.4) is 0 Å². The summed E-state index contributed by atoms with van der Waals surface area (Å²) in [5.74, 6) is -2.75. The van der Waals surface area contributed by atoms with Crippen molar-refractivity contribution in [2.75, 3.05) is 13.7 Å². The van der Waals surface area contributed by atoms with Crippen molar-refractivity contribution in [1.82, 2.24) is 16.0 Å². The van der Waals surface area contributed by atoms with Crippen LogP contribution in [0.15, 0.2) is 30.3 Å². The molecule has 1 rings (SSSR count). The normalized spacial score (nSPS) is 13.4. The standard InChI is InChI=1S/C27H41N3O9/c1-18(38-17-19-11-7-6-8-12-19)23(30-26(36)39-27(2,3)4)24(34)29-20(25(35)37-5)13-9-10-16-28-21(31)14-15-22(32)33/h6-8,11-12,18,20,23H,9-10,13-17H2,1-5H3,(H,28,31)(H,29,34)(H,30,36)(H,32,33)/t18-,20+,23+/m1/s1. The van der Waals surface area contributed by atoms with Crippen molar-refractivity contribution in [1.29, 1.82) is 0 Å². The molecule has 218 valence electrons. The minimum atomic E-state index is -1.18. The zero-order chi connectivity index (χ0) is 29.4. The fraction of sp³-hybridized carbons (Fsp3) is 0.593. The number of aliphatic carboxylic acids is 1. The summed E-state index contributed by atoms with van der Waals surface area (Å²) in [5, 5.41) is 16.4. The number of unbranched alkanes of at least 4 members (excludes halogenated alkanes) is 1. The maximum absolute atomic E-state index is 13.3. The van der Waals surface area contributed by atoms with Crippen LogP contribution >= 0.6 is 0 Å². The maximum Gasteiger partial charge on any atom is 0.408 e. The van der Waals surface area contributed by atoms with Gasteiger partial charge in [0.25, 0.3) is 0 Å². The molecule has 0 aliphatic heterocycles. The van der Waals surface area contributed by atoms with Crippen LogP contribution in [0.2, 0.25) is 0 Å². The van der Waals surface area contributed by atoms with Gasteiger partial charge in [-0.25, -0.2) is 9.59 Å². The Morgan fingerprint density at radius 2 is 1.64 bits per heavy atom. The lowest BCUT2D eigenvalue weighted by Crippen LogP contribution is -2.57. The molecule has 4 N–H and O–H groups in total. The Balaban J connectivity index is 2.80. The third kappa shape index (κ3) is 14.7. The maximum atomic E-state index is 13.3. The van der Waals surface area contributed by atoms with E-state index in [1.807, 2.05) is 30.3 Å². The van der Waals surface area contributed by atoms with Gasteiger partial charge < -0.3 is 35.3 Å². The lowest BCUT2D eigenvalue weighted by atomic mass is 10.1. The van der Waals surface area contributed by atoms with E-state index in [0.717, 1.165) is 5.56 Å². The van der Waals surface area contributed by atoms with E-state index in [0.29, 0.717) is 12.8 Å². The number of rotatable bonds is 16. The molecule has 3 atom stereocenters. The predicted octanol–water partition coefficient (Wildman–Crippen LogP) is 2.29. The molecule has 0 bridgehead atoms. The number of esters is 1. The Kier molecular flexibility index (Phi) is 14.6. The predicted molar refractivity (Wildman–Crippen MR) is 142 cm³/mol. The molecule has 1 aromatic carbocycles. The van der Waals surface area contributed by atoms with Crippen molar-refractivity contribution in [3.8, 4) is 0 Å². The van der Waals surface area contributed by atoms with Gasteiger partial charge in [0.05, 0.1) is 26.2 Å². The molecule has 0 spiro atoms. The van der Waals surface area contributed by atoms with Crippen LogP contribution in [0, 0.1) is 0 Å². The van der Waals surface area contributed by atoms with Gasteiger partial charge >= 0.3 is 18.0 Å². The molecule has 0 saturated heterocycles. The molecule has 0 heterocycles. The van der Waals surface area contributed by atoms with Crippen molar-refractivity contribution >= 4 is 29.8 Å². The summed E-state index contributed by atoms with van der Waals surface area (Å²) in [6, 6.07) is 7.13. The molecule has 0 saturated carbocycles. The third-order valence-corrected chi connectivity index (χ3v) is 5.39. The van der Waals surface area contributed by atoms with E-state index in [4.69, 9.17) is 19.3 Å². The molecule has 1 aromatic rings. The van der Waals surface area contributed by atoms with Crippen LogP contribution in [0.5, 0.6) is 0 Å². The molecule has 0 fully saturated rings. The number of benzene rings is 1. The van der Waals surface area contributed by atoms with Gasteiger partial charge in [-0.15, -0.1) is 0 Å². The van der Waals surface area contributed by atoms with Gasteiger partial charge in [0, 0.05) is 13.0 Å². The molecular weight excluding hydrogens is 510 g/mol. The number of alkyl carbamates (subject to hydrolysis) is 1. The van der Waals surface area contributed by atoms with E-state index >= 15 is 0 Å². The number of carbonyl (C=O) groups excluding carboxylic acids is 4. The highest BCUT2D eigenvalue weighted by atomic mass is 16.6. The summed E-state index contributed by atoms with van der Waals surface area (Å²) in [5.41, 5.74) is 0.0832. The number of amides is 3. The van der Waals surface area contributed by atoms with Gasteiger partial charge in [-0.05, 0) is 52.5 Å². The van der Waals surface area contributed by atoms with Crippen LogP contribution in [-0.4, -0.2) is 72.4 Å². The quantitative estimate of drug-likeness (QED) is 0.178. The summed E-state index contributed by atoms with van der Waals surface area (Å²) in [4.78, 5) is 60.3. The van der Waals surface area contributed by atoms with Crippen LogP contribution in [-0.2, 0) is 40.0 Å². The molecule has 12 nitrogen and oxygen atoms in total. The first-order valence-electron chi connectivity index (χ1n) is 12.8. The lowest BCUT2D eigenvalue weighted by molar-refractivity contribution is -0.146. The van der Waals surface area contributed by atoms with E-state index in [1.54, 1.807) is 27.7 Å². The van der Waals surface area contributed by atoms with Gasteiger partial charge in [0.15, 0.2) is 0 Å². The Morgan fingerprint density at radius 3 is 2.23 bits per heavy atom. The lowest BCUT2D eigenvalue weighted by Gasteiger charge is -2.28. The van der Waals surface area contributed by atoms with Crippen molar-refractivity contribution in [2.24, 2.45) is 0 Å². The average molecular weight is 552 g/mol. The third-order valence-electron chi connectivity index (χ3n) is 5.39. The highest BCUT2D eigenvalue weighted by molar-refractivity contribution is 5.90. The largest absolute Gasteiger partial charge is 0.481 e. The molecule has 12 heteroatoms. The van der Waals surface area contributed by atoms with Gasteiger partial charge in [-0.3, -0.25) is 14.4 Å². The van der Waals surface area contributed by atoms with E-state index in [-0.39, 0.29) is 38.3 Å². The minimum absolute atomic E-state index is 0.118. The highest BCUT2D eigenvalue weighted by Crippen LogP contribution is 2.11. The van der Waals surface area contributed by atoms with Crippen molar-refractivity contribution in [3.63, 3.8) is 0 Å². The van der Waals surface area contributed by atoms with Crippen LogP contribution in [0.1, 0.15) is 65.4 Å². The van der Waals surface area contributed by atoms with Crippen molar-refractivity contribution in [2.45, 2.75) is 90.2 Å². The summed E-state index contributed by atoms with van der Waals surface area (Å²) in [7, 11) is 1.20. The van der Waals surface area contributed by atoms with Gasteiger partial charge in [0.2, 0.25) is 11.8 Å². The monoisotopic (exact) mass is 551 g/mol. The Hall–Kier alpha value is -3.67. The van der Waals surface area contributed by atoms with Gasteiger partial charge in [-0.1, -0.05) is 30.3 Å². The molecule has 0 aromatic heterocycles. The number of methoxy groups -OCH3 is 1. The number of nitrogens with one attached hydrogen (secondary N) is 3. The topological polar surface area (TPSA) is 169 Å². The molecule has 0 radical (unpaired) electrons. The smallest absolute Gasteiger partial charge is 0.408 e. The molecule has 0 aliphatic carbocycles. The first kappa shape index (κ1) is 33.4. The molecular formula is C27H41N3O9. The first-order chi connectivity index (χ1) is 18.3. The number of carbonyl (C=O) groups is 5. The molecule has 39 heavy (non-hydrogen) atoms. The summed E-state index contributed by atoms with van der Waals surface area (Å²) in [6.07, 6.45) is -0.826. The molecule has 3 amide bonds. The van der Waals surface area contributed by atoms with Crippen LogP contribution < -0.4 is 16.0 Å². The Morgan fingerprint density at radius 1 is 0.974 bits per heavy atom. The second-order valence-corrected chi connectivity index (χ2v) is 9.95. The fourth-order valence-electron chi connectivity index (χ4n) is 3.39. The second kappa shape index (κ2) is 17.0. The first-order valence-corrected chi connectivity index (χ1v) is 12.8. The average Bonchev–Trinajstić information content (AvgIpc) is 2.87. The van der Waals surface area contributed by atoms with E-state index in [1.165, 1.54) is 7.11 Å². The molecule has 0 unspecified atom stereocenters. The van der Waals surface area contributed by atoms with Crippen molar-refractivity contribution < 1.29 is 43.3 Å². The number of ether oxygens (including phenoxy) is 3. The van der Waals surface area contributed by atoms with E-state index in [2.05, 4.69) is 16.0 Å². The minimum Gasteiger partial charge on any atom is -0.481 e. The number of hydrogen-bond donors (Lipinski definition) is 4. The summed E-state index contributed by atoms with van der Waals surface area (Å²) in [6.45, 7) is 7.19. The molecule has 0 aliphatic rings.